The maximum absolute atomic E-state index is 10.9. The van der Waals surface area contributed by atoms with Crippen LogP contribution in [0.2, 0.25) is 0 Å². The fourth-order valence-electron chi connectivity index (χ4n) is 10.3. The van der Waals surface area contributed by atoms with Gasteiger partial charge in [0.1, 0.15) is 0 Å². The zero-order valence-corrected chi connectivity index (χ0v) is 57.1. The SMILES string of the molecule is O=C(O)c1cccc(-c2cccc([N+](=O)[O-])c2)c1.[Pd].c1ccc(P(c2ccccc2)c2ccccc2)cc1.c1ccc(P(c2ccccc2)c2ccccc2)cc1.c1ccc(P(c2ccccc2)c2ccccc2)cc1.c1ccc(P(c2ccccc2)c2ccccc2)cc1. The number of carboxylic acid groups (broad SMARTS) is 1. The zero-order valence-electron chi connectivity index (χ0n) is 52.0. The molecule has 95 heavy (non-hydrogen) atoms. The van der Waals surface area contributed by atoms with Gasteiger partial charge in [0.2, 0.25) is 0 Å². The molecular weight excluding hydrogens is 1330 g/mol. The fraction of sp³-hybridized carbons (Fsp3) is 0. The summed E-state index contributed by atoms with van der Waals surface area (Å²) in [6, 6.07) is 142. The summed E-state index contributed by atoms with van der Waals surface area (Å²) in [7, 11) is -1.78. The normalized spacial score (nSPS) is 10.4. The molecule has 0 atom stereocenters. The predicted molar refractivity (Wildman–Crippen MR) is 406 cm³/mol. The molecule has 0 saturated heterocycles. The fourth-order valence-corrected chi connectivity index (χ4v) is 19.6. The number of non-ortho nitro benzene ring substituents is 1. The van der Waals surface area contributed by atoms with Gasteiger partial charge < -0.3 is 5.11 Å². The number of nitro benzene ring substituents is 1. The number of carbonyl (C=O) groups is 1. The predicted octanol–water partition coefficient (Wildman–Crippen LogP) is 16.7. The number of hydrogen-bond acceptors (Lipinski definition) is 3. The summed E-state index contributed by atoms with van der Waals surface area (Å²) in [6.45, 7) is 0. The van der Waals surface area contributed by atoms with Crippen molar-refractivity contribution in [1.82, 2.24) is 0 Å². The van der Waals surface area contributed by atoms with Gasteiger partial charge >= 0.3 is 5.97 Å². The Balaban J connectivity index is 0.000000139. The molecule has 0 fully saturated rings. The average molecular weight is 1400 g/mol. The number of nitrogens with zero attached hydrogens (tertiary/aromatic N) is 1. The van der Waals surface area contributed by atoms with E-state index in [-0.39, 0.29) is 31.7 Å². The molecule has 0 unspecified atom stereocenters. The number of hydrogen-bond donors (Lipinski definition) is 1. The zero-order chi connectivity index (χ0) is 64.8. The standard InChI is InChI=1S/4C18H15P.C13H9NO4.Pd/c4*1-4-10-16(11-5-1)19(17-12-6-2-7-13-17)18-14-8-3-9-15-18;15-13(16)11-5-1-3-9(7-11)10-4-2-6-12(8-10)14(17)18;/h4*1-15H;1-8H,(H,15,16);. The van der Waals surface area contributed by atoms with Crippen LogP contribution in [0.25, 0.3) is 11.1 Å². The van der Waals surface area contributed by atoms with Crippen LogP contribution in [0, 0.1) is 10.1 Å². The van der Waals surface area contributed by atoms with Crippen molar-refractivity contribution in [2.45, 2.75) is 0 Å². The molecule has 0 amide bonds. The summed E-state index contributed by atoms with van der Waals surface area (Å²) >= 11 is 0. The van der Waals surface area contributed by atoms with Gasteiger partial charge in [-0.1, -0.05) is 388 Å². The minimum Gasteiger partial charge on any atom is -0.478 e. The van der Waals surface area contributed by atoms with Gasteiger partial charge in [0.05, 0.1) is 10.5 Å². The molecule has 0 bridgehead atoms. The van der Waals surface area contributed by atoms with E-state index in [4.69, 9.17) is 5.11 Å². The Kier molecular flexibility index (Phi) is 27.8. The molecule has 10 heteroatoms. The van der Waals surface area contributed by atoms with E-state index in [0.717, 1.165) is 0 Å². The van der Waals surface area contributed by atoms with Gasteiger partial charge in [-0.3, -0.25) is 10.1 Å². The van der Waals surface area contributed by atoms with E-state index in [9.17, 15) is 14.9 Å². The Morgan fingerprint density at radius 1 is 0.242 bits per heavy atom. The van der Waals surface area contributed by atoms with E-state index in [1.54, 1.807) is 24.3 Å². The topological polar surface area (TPSA) is 80.4 Å². The van der Waals surface area contributed by atoms with Gasteiger partial charge in [-0.15, -0.1) is 0 Å². The van der Waals surface area contributed by atoms with Crippen LogP contribution in [-0.2, 0) is 20.4 Å². The molecule has 5 nitrogen and oxygen atoms in total. The first-order chi connectivity index (χ1) is 46.4. The molecule has 0 aliphatic heterocycles. The number of nitro groups is 1. The van der Waals surface area contributed by atoms with Gasteiger partial charge in [0, 0.05) is 32.6 Å². The third-order valence-electron chi connectivity index (χ3n) is 14.7. The quantitative estimate of drug-likeness (QED) is 0.0480. The second kappa shape index (κ2) is 37.9. The Bertz CT molecular complexity index is 3570. The number of carboxylic acids is 1. The van der Waals surface area contributed by atoms with Crippen molar-refractivity contribution >= 4 is 107 Å². The Morgan fingerprint density at radius 3 is 0.579 bits per heavy atom. The van der Waals surface area contributed by atoms with Crippen molar-refractivity contribution in [2.75, 3.05) is 0 Å². The van der Waals surface area contributed by atoms with Gasteiger partial charge in [-0.2, -0.15) is 0 Å². The molecule has 0 heterocycles. The molecule has 0 aliphatic carbocycles. The summed E-state index contributed by atoms with van der Waals surface area (Å²) in [6.07, 6.45) is 0. The Morgan fingerprint density at radius 2 is 0.411 bits per heavy atom. The van der Waals surface area contributed by atoms with Crippen molar-refractivity contribution in [3.05, 3.63) is 428 Å². The smallest absolute Gasteiger partial charge is 0.335 e. The van der Waals surface area contributed by atoms with Crippen molar-refractivity contribution in [3.8, 4) is 11.1 Å². The monoisotopic (exact) mass is 1400 g/mol. The summed E-state index contributed by atoms with van der Waals surface area (Å²) in [5.74, 6) is -1.03. The second-order valence-electron chi connectivity index (χ2n) is 21.1. The second-order valence-corrected chi connectivity index (χ2v) is 29.9. The molecule has 468 valence electrons. The van der Waals surface area contributed by atoms with Crippen molar-refractivity contribution in [1.29, 1.82) is 0 Å². The van der Waals surface area contributed by atoms with Gasteiger partial charge in [0.25, 0.3) is 5.69 Å². The van der Waals surface area contributed by atoms with Crippen LogP contribution in [0.3, 0.4) is 0 Å². The maximum Gasteiger partial charge on any atom is 0.335 e. The van der Waals surface area contributed by atoms with Gasteiger partial charge in [-0.25, -0.2) is 4.79 Å². The van der Waals surface area contributed by atoms with Crippen LogP contribution in [0.4, 0.5) is 5.69 Å². The van der Waals surface area contributed by atoms with Crippen LogP contribution >= 0.6 is 31.7 Å². The molecule has 14 aromatic rings. The van der Waals surface area contributed by atoms with E-state index < -0.39 is 42.6 Å². The largest absolute Gasteiger partial charge is 0.478 e. The first kappa shape index (κ1) is 69.7. The minimum absolute atomic E-state index is 0. The molecule has 0 spiro atoms. The Hall–Kier alpha value is -9.67. The van der Waals surface area contributed by atoms with E-state index >= 15 is 0 Å². The van der Waals surface area contributed by atoms with Crippen LogP contribution in [0.1, 0.15) is 10.4 Å². The summed E-state index contributed by atoms with van der Waals surface area (Å²) in [5.41, 5.74) is 1.39. The number of benzene rings is 14. The average Bonchev–Trinajstić information content (AvgIpc) is 1.08. The molecule has 0 aliphatic rings. The van der Waals surface area contributed by atoms with Crippen LogP contribution in [-0.4, -0.2) is 16.0 Å². The Labute approximate surface area is 577 Å². The first-order valence-corrected chi connectivity index (χ1v) is 36.1. The van der Waals surface area contributed by atoms with Crippen molar-refractivity contribution in [3.63, 3.8) is 0 Å². The third-order valence-corrected chi connectivity index (χ3v) is 24.4. The van der Waals surface area contributed by atoms with E-state index in [1.807, 2.05) is 0 Å². The molecule has 0 aromatic heterocycles. The van der Waals surface area contributed by atoms with Crippen LogP contribution < -0.4 is 63.7 Å². The van der Waals surface area contributed by atoms with Crippen molar-refractivity contribution in [2.24, 2.45) is 0 Å². The van der Waals surface area contributed by atoms with E-state index in [0.29, 0.717) is 11.1 Å². The van der Waals surface area contributed by atoms with E-state index in [2.05, 4.69) is 364 Å². The summed E-state index contributed by atoms with van der Waals surface area (Å²) < 4.78 is 0. The van der Waals surface area contributed by atoms with Gasteiger partial charge in [-0.05, 0) is 119 Å². The first-order valence-electron chi connectivity index (χ1n) is 30.8. The number of aromatic carboxylic acids is 1. The molecule has 14 aromatic carbocycles. The molecule has 0 radical (unpaired) electrons. The third kappa shape index (κ3) is 20.7. The van der Waals surface area contributed by atoms with Crippen LogP contribution in [0.5, 0.6) is 0 Å². The minimum atomic E-state index is -1.03. The molecular formula is C85H69NO4P4Pd. The van der Waals surface area contributed by atoms with Crippen molar-refractivity contribution < 1.29 is 35.2 Å². The van der Waals surface area contributed by atoms with Crippen LogP contribution in [0.15, 0.2) is 413 Å². The van der Waals surface area contributed by atoms with Gasteiger partial charge in [0.15, 0.2) is 0 Å². The molecule has 14 rings (SSSR count). The molecule has 0 saturated carbocycles. The molecule has 1 N–H and O–H groups in total. The maximum atomic E-state index is 10.9. The summed E-state index contributed by atoms with van der Waals surface area (Å²) in [5, 5.41) is 36.3. The summed E-state index contributed by atoms with van der Waals surface area (Å²) in [4.78, 5) is 21.0. The van der Waals surface area contributed by atoms with E-state index in [1.165, 1.54) is 87.9 Å². The number of rotatable bonds is 15.